The first-order valence-corrected chi connectivity index (χ1v) is 6.73. The van der Waals surface area contributed by atoms with Crippen LogP contribution in [0.1, 0.15) is 5.56 Å². The molecule has 0 radical (unpaired) electrons. The molecule has 80 valence electrons. The van der Waals surface area contributed by atoms with Gasteiger partial charge in [-0.3, -0.25) is 0 Å². The zero-order chi connectivity index (χ0) is 11.6. The molecule has 0 aliphatic carbocycles. The van der Waals surface area contributed by atoms with Crippen LogP contribution in [0.4, 0.5) is 0 Å². The molecule has 4 nitrogen and oxygen atoms in total. The second kappa shape index (κ2) is 4.39. The minimum Gasteiger partial charge on any atom is -0.495 e. The third-order valence-corrected chi connectivity index (χ3v) is 3.94. The minimum absolute atomic E-state index is 0.109. The molecule has 0 spiro atoms. The van der Waals surface area contributed by atoms with Crippen LogP contribution in [-0.4, -0.2) is 15.5 Å². The summed E-state index contributed by atoms with van der Waals surface area (Å²) in [5.74, 6) is 0.167. The van der Waals surface area contributed by atoms with Gasteiger partial charge in [-0.25, -0.2) is 8.42 Å². The molecule has 1 aromatic rings. The first kappa shape index (κ1) is 12.3. The van der Waals surface area contributed by atoms with Gasteiger partial charge in [0, 0.05) is 15.2 Å². The highest BCUT2D eigenvalue weighted by atomic mass is 79.9. The van der Waals surface area contributed by atoms with Crippen LogP contribution in [0.25, 0.3) is 0 Å². The normalized spacial score (nSPS) is 10.8. The maximum absolute atomic E-state index is 11.2. The van der Waals surface area contributed by atoms with E-state index in [4.69, 9.17) is 20.7 Å². The molecule has 0 fully saturated rings. The molecule has 0 aromatic heterocycles. The van der Waals surface area contributed by atoms with Gasteiger partial charge in [-0.1, -0.05) is 0 Å². The Labute approximate surface area is 100.0 Å². The van der Waals surface area contributed by atoms with Crippen molar-refractivity contribution >= 4 is 35.7 Å². The maximum Gasteiger partial charge on any atom is 0.263 e. The van der Waals surface area contributed by atoms with Gasteiger partial charge >= 0.3 is 0 Å². The molecule has 15 heavy (non-hydrogen) atoms. The van der Waals surface area contributed by atoms with Crippen molar-refractivity contribution in [1.29, 1.82) is 5.26 Å². The molecule has 0 atom stereocenters. The van der Waals surface area contributed by atoms with E-state index >= 15 is 0 Å². The van der Waals surface area contributed by atoms with E-state index in [9.17, 15) is 8.42 Å². The molecular formula is C8H5BrClNO3S. The molecular weight excluding hydrogens is 306 g/mol. The number of benzene rings is 1. The lowest BCUT2D eigenvalue weighted by atomic mass is 10.2. The number of ether oxygens (including phenoxy) is 1. The summed E-state index contributed by atoms with van der Waals surface area (Å²) in [6.45, 7) is 0. The topological polar surface area (TPSA) is 67.2 Å². The number of nitrogens with zero attached hydrogens (tertiary/aromatic N) is 1. The van der Waals surface area contributed by atoms with Gasteiger partial charge in [0.1, 0.15) is 22.3 Å². The summed E-state index contributed by atoms with van der Waals surface area (Å²) in [6.07, 6.45) is 0. The Balaban J connectivity index is 3.71. The molecule has 0 amide bonds. The Hall–Kier alpha value is -0.770. The van der Waals surface area contributed by atoms with Gasteiger partial charge in [0.25, 0.3) is 9.05 Å². The number of halogens is 2. The van der Waals surface area contributed by atoms with E-state index in [0.29, 0.717) is 0 Å². The van der Waals surface area contributed by atoms with E-state index in [-0.39, 0.29) is 20.7 Å². The fourth-order valence-corrected chi connectivity index (χ4v) is 3.47. The van der Waals surface area contributed by atoms with Crippen molar-refractivity contribution in [3.8, 4) is 11.8 Å². The fourth-order valence-electron chi connectivity index (χ4n) is 1.05. The minimum atomic E-state index is -3.99. The van der Waals surface area contributed by atoms with E-state index in [2.05, 4.69) is 15.9 Å². The molecule has 0 aliphatic heterocycles. The molecule has 0 bridgehead atoms. The van der Waals surface area contributed by atoms with Gasteiger partial charge in [0.05, 0.1) is 7.11 Å². The van der Waals surface area contributed by atoms with Crippen LogP contribution in [0.3, 0.4) is 0 Å². The molecule has 1 rings (SSSR count). The predicted molar refractivity (Wildman–Crippen MR) is 58.4 cm³/mol. The van der Waals surface area contributed by atoms with Gasteiger partial charge in [-0.15, -0.1) is 0 Å². The molecule has 0 saturated heterocycles. The van der Waals surface area contributed by atoms with Crippen LogP contribution in [0.15, 0.2) is 21.5 Å². The number of rotatable bonds is 2. The molecule has 0 unspecified atom stereocenters. The molecule has 0 heterocycles. The monoisotopic (exact) mass is 309 g/mol. The van der Waals surface area contributed by atoms with E-state index < -0.39 is 9.05 Å². The Morgan fingerprint density at radius 1 is 1.53 bits per heavy atom. The highest BCUT2D eigenvalue weighted by Gasteiger charge is 2.22. The quantitative estimate of drug-likeness (QED) is 0.786. The lowest BCUT2D eigenvalue weighted by Crippen LogP contribution is -1.99. The third kappa shape index (κ3) is 2.43. The van der Waals surface area contributed by atoms with Gasteiger partial charge in [-0.2, -0.15) is 5.26 Å². The van der Waals surface area contributed by atoms with Crippen molar-refractivity contribution < 1.29 is 13.2 Å². The molecule has 1 aromatic carbocycles. The van der Waals surface area contributed by atoms with E-state index in [1.807, 2.05) is 0 Å². The highest BCUT2D eigenvalue weighted by molar-refractivity contribution is 9.10. The fraction of sp³-hybridized carbons (Fsp3) is 0.125. The van der Waals surface area contributed by atoms with Crippen LogP contribution in [0.2, 0.25) is 0 Å². The Kier molecular flexibility index (Phi) is 3.60. The Morgan fingerprint density at radius 2 is 2.13 bits per heavy atom. The zero-order valence-electron chi connectivity index (χ0n) is 7.49. The van der Waals surface area contributed by atoms with Crippen LogP contribution < -0.4 is 4.74 Å². The summed E-state index contributed by atoms with van der Waals surface area (Å²) in [5, 5.41) is 8.84. The van der Waals surface area contributed by atoms with E-state index in [1.165, 1.54) is 19.2 Å². The lowest BCUT2D eigenvalue weighted by Gasteiger charge is -2.07. The van der Waals surface area contributed by atoms with Crippen molar-refractivity contribution in [2.45, 2.75) is 4.90 Å². The SMILES string of the molecule is COc1ccc(Br)c(S(=O)(=O)Cl)c1C#N. The van der Waals surface area contributed by atoms with Crippen molar-refractivity contribution in [2.75, 3.05) is 7.11 Å². The Morgan fingerprint density at radius 3 is 2.53 bits per heavy atom. The smallest absolute Gasteiger partial charge is 0.263 e. The summed E-state index contributed by atoms with van der Waals surface area (Å²) in [5.41, 5.74) is -0.109. The summed E-state index contributed by atoms with van der Waals surface area (Å²) < 4.78 is 27.6. The highest BCUT2D eigenvalue weighted by Crippen LogP contribution is 2.33. The summed E-state index contributed by atoms with van der Waals surface area (Å²) in [4.78, 5) is -0.272. The van der Waals surface area contributed by atoms with E-state index in [1.54, 1.807) is 6.07 Å². The maximum atomic E-state index is 11.2. The average molecular weight is 311 g/mol. The third-order valence-electron chi connectivity index (χ3n) is 1.65. The predicted octanol–water partition coefficient (Wildman–Crippen LogP) is 2.26. The summed E-state index contributed by atoms with van der Waals surface area (Å²) >= 11 is 3.02. The molecule has 0 saturated carbocycles. The lowest BCUT2D eigenvalue weighted by molar-refractivity contribution is 0.412. The molecule has 0 aliphatic rings. The second-order valence-electron chi connectivity index (χ2n) is 2.50. The van der Waals surface area contributed by atoms with Gasteiger partial charge < -0.3 is 4.74 Å². The van der Waals surface area contributed by atoms with Gasteiger partial charge in [0.2, 0.25) is 0 Å². The second-order valence-corrected chi connectivity index (χ2v) is 5.86. The number of hydrogen-bond donors (Lipinski definition) is 0. The van der Waals surface area contributed by atoms with Gasteiger partial charge in [-0.05, 0) is 28.1 Å². The van der Waals surface area contributed by atoms with Crippen LogP contribution in [0, 0.1) is 11.3 Å². The van der Waals surface area contributed by atoms with Crippen molar-refractivity contribution in [1.82, 2.24) is 0 Å². The van der Waals surface area contributed by atoms with Crippen LogP contribution in [-0.2, 0) is 9.05 Å². The number of methoxy groups -OCH3 is 1. The van der Waals surface area contributed by atoms with Gasteiger partial charge in [0.15, 0.2) is 0 Å². The zero-order valence-corrected chi connectivity index (χ0v) is 10.6. The van der Waals surface area contributed by atoms with Crippen molar-refractivity contribution in [3.05, 3.63) is 22.2 Å². The largest absolute Gasteiger partial charge is 0.495 e. The first-order valence-electron chi connectivity index (χ1n) is 3.63. The average Bonchev–Trinajstić information content (AvgIpc) is 2.15. The van der Waals surface area contributed by atoms with Crippen LogP contribution in [0.5, 0.6) is 5.75 Å². The summed E-state index contributed by atoms with van der Waals surface area (Å²) in [6, 6.07) is 4.68. The van der Waals surface area contributed by atoms with Crippen molar-refractivity contribution in [2.24, 2.45) is 0 Å². The standard InChI is InChI=1S/C8H5BrClNO3S/c1-14-7-3-2-6(9)8(5(7)4-11)15(10,12)13/h2-3H,1H3. The number of nitriles is 1. The summed E-state index contributed by atoms with van der Waals surface area (Å²) in [7, 11) is 2.57. The Bertz CT molecular complexity index is 536. The number of hydrogen-bond acceptors (Lipinski definition) is 4. The molecule has 0 N–H and O–H groups in total. The van der Waals surface area contributed by atoms with Crippen molar-refractivity contribution in [3.63, 3.8) is 0 Å². The van der Waals surface area contributed by atoms with Crippen LogP contribution >= 0.6 is 26.6 Å². The van der Waals surface area contributed by atoms with E-state index in [0.717, 1.165) is 0 Å². The molecule has 7 heteroatoms. The first-order chi connectivity index (χ1) is 6.91.